The zero-order valence-corrected chi connectivity index (χ0v) is 11.6. The predicted octanol–water partition coefficient (Wildman–Crippen LogP) is 3.50. The van der Waals surface area contributed by atoms with E-state index in [1.165, 1.54) is 10.5 Å². The van der Waals surface area contributed by atoms with E-state index in [4.69, 9.17) is 9.47 Å². The Morgan fingerprint density at radius 2 is 2.07 bits per heavy atom. The third-order valence-electron chi connectivity index (χ3n) is 2.02. The number of benzene rings is 1. The molecule has 2 nitrogen and oxygen atoms in total. The Balaban J connectivity index is 2.98. The SMILES string of the molecule is COc1cc(SC)c(C)cc1OCCBr. The molecule has 1 aromatic carbocycles. The van der Waals surface area contributed by atoms with Crippen molar-refractivity contribution in [3.63, 3.8) is 0 Å². The van der Waals surface area contributed by atoms with Crippen LogP contribution in [0.15, 0.2) is 17.0 Å². The molecule has 15 heavy (non-hydrogen) atoms. The number of rotatable bonds is 5. The van der Waals surface area contributed by atoms with Gasteiger partial charge in [0.1, 0.15) is 0 Å². The normalized spacial score (nSPS) is 10.1. The number of halogens is 1. The summed E-state index contributed by atoms with van der Waals surface area (Å²) in [6.07, 6.45) is 2.06. The largest absolute Gasteiger partial charge is 0.493 e. The maximum absolute atomic E-state index is 5.58. The highest BCUT2D eigenvalue weighted by Crippen LogP contribution is 2.34. The molecule has 0 amide bonds. The summed E-state index contributed by atoms with van der Waals surface area (Å²) in [7, 11) is 1.66. The highest BCUT2D eigenvalue weighted by atomic mass is 79.9. The van der Waals surface area contributed by atoms with Crippen LogP contribution < -0.4 is 9.47 Å². The lowest BCUT2D eigenvalue weighted by molar-refractivity contribution is 0.313. The Labute approximate surface area is 103 Å². The average Bonchev–Trinajstić information content (AvgIpc) is 2.26. The average molecular weight is 291 g/mol. The van der Waals surface area contributed by atoms with E-state index in [2.05, 4.69) is 29.1 Å². The molecule has 0 N–H and O–H groups in total. The minimum atomic E-state index is 0.647. The molecule has 0 heterocycles. The standard InChI is InChI=1S/C11H15BrO2S/c1-8-6-10(14-5-4-12)9(13-2)7-11(8)15-3/h6-7H,4-5H2,1-3H3. The Bertz CT molecular complexity index is 329. The lowest BCUT2D eigenvalue weighted by atomic mass is 10.2. The van der Waals surface area contributed by atoms with E-state index >= 15 is 0 Å². The van der Waals surface area contributed by atoms with Crippen molar-refractivity contribution in [2.45, 2.75) is 11.8 Å². The van der Waals surface area contributed by atoms with Gasteiger partial charge in [-0.2, -0.15) is 0 Å². The summed E-state index contributed by atoms with van der Waals surface area (Å²) in [5, 5.41) is 0.819. The Kier molecular flexibility index (Phi) is 5.32. The second-order valence-corrected chi connectivity index (χ2v) is 4.65. The monoisotopic (exact) mass is 290 g/mol. The first-order valence-electron chi connectivity index (χ1n) is 4.64. The van der Waals surface area contributed by atoms with Gasteiger partial charge in [0.15, 0.2) is 11.5 Å². The fourth-order valence-electron chi connectivity index (χ4n) is 1.28. The third-order valence-corrected chi connectivity index (χ3v) is 3.22. The molecular weight excluding hydrogens is 276 g/mol. The molecule has 1 aromatic rings. The minimum Gasteiger partial charge on any atom is -0.493 e. The molecule has 0 atom stereocenters. The number of methoxy groups -OCH3 is 1. The third kappa shape index (κ3) is 3.31. The van der Waals surface area contributed by atoms with Crippen molar-refractivity contribution in [2.24, 2.45) is 0 Å². The summed E-state index contributed by atoms with van der Waals surface area (Å²) in [4.78, 5) is 1.22. The van der Waals surface area contributed by atoms with Crippen molar-refractivity contribution < 1.29 is 9.47 Å². The maximum atomic E-state index is 5.58. The second kappa shape index (κ2) is 6.28. The summed E-state index contributed by atoms with van der Waals surface area (Å²) in [5.41, 5.74) is 1.22. The van der Waals surface area contributed by atoms with Gasteiger partial charge in [-0.1, -0.05) is 15.9 Å². The number of aryl methyl sites for hydroxylation is 1. The van der Waals surface area contributed by atoms with Gasteiger partial charge in [-0.15, -0.1) is 11.8 Å². The molecular formula is C11H15BrO2S. The van der Waals surface area contributed by atoms with Crippen molar-refractivity contribution >= 4 is 27.7 Å². The maximum Gasteiger partial charge on any atom is 0.161 e. The number of hydrogen-bond acceptors (Lipinski definition) is 3. The highest BCUT2D eigenvalue weighted by molar-refractivity contribution is 9.09. The number of ether oxygens (including phenoxy) is 2. The van der Waals surface area contributed by atoms with Crippen LogP contribution in [0.3, 0.4) is 0 Å². The fraction of sp³-hybridized carbons (Fsp3) is 0.455. The second-order valence-electron chi connectivity index (χ2n) is 3.01. The van der Waals surface area contributed by atoms with Crippen LogP contribution in [0.5, 0.6) is 11.5 Å². The first kappa shape index (κ1) is 12.7. The van der Waals surface area contributed by atoms with Gasteiger partial charge in [0.25, 0.3) is 0 Å². The molecule has 0 saturated carbocycles. The zero-order chi connectivity index (χ0) is 11.3. The van der Waals surface area contributed by atoms with E-state index in [1.807, 2.05) is 12.1 Å². The molecule has 0 aliphatic carbocycles. The Morgan fingerprint density at radius 1 is 1.33 bits per heavy atom. The lowest BCUT2D eigenvalue weighted by Gasteiger charge is -2.12. The van der Waals surface area contributed by atoms with Crippen LogP contribution in [0.25, 0.3) is 0 Å². The minimum absolute atomic E-state index is 0.647. The van der Waals surface area contributed by atoms with Gasteiger partial charge in [-0.05, 0) is 30.9 Å². The van der Waals surface area contributed by atoms with Crippen LogP contribution in [0.2, 0.25) is 0 Å². The molecule has 84 valence electrons. The molecule has 0 aromatic heterocycles. The fourth-order valence-corrected chi connectivity index (χ4v) is 2.05. The number of hydrogen-bond donors (Lipinski definition) is 0. The molecule has 0 spiro atoms. The van der Waals surface area contributed by atoms with E-state index in [0.29, 0.717) is 6.61 Å². The van der Waals surface area contributed by atoms with E-state index < -0.39 is 0 Å². The molecule has 4 heteroatoms. The van der Waals surface area contributed by atoms with Crippen LogP contribution in [-0.2, 0) is 0 Å². The Hall–Kier alpha value is -0.350. The van der Waals surface area contributed by atoms with E-state index in [9.17, 15) is 0 Å². The molecule has 0 aliphatic heterocycles. The topological polar surface area (TPSA) is 18.5 Å². The van der Waals surface area contributed by atoms with Crippen LogP contribution in [0.4, 0.5) is 0 Å². The number of alkyl halides is 1. The summed E-state index contributed by atoms with van der Waals surface area (Å²) < 4.78 is 10.9. The van der Waals surface area contributed by atoms with Gasteiger partial charge < -0.3 is 9.47 Å². The first-order chi connectivity index (χ1) is 7.22. The van der Waals surface area contributed by atoms with Crippen molar-refractivity contribution in [1.82, 2.24) is 0 Å². The van der Waals surface area contributed by atoms with Crippen LogP contribution in [0, 0.1) is 6.92 Å². The highest BCUT2D eigenvalue weighted by Gasteiger charge is 2.08. The predicted molar refractivity (Wildman–Crippen MR) is 68.8 cm³/mol. The van der Waals surface area contributed by atoms with Crippen LogP contribution in [-0.4, -0.2) is 25.3 Å². The first-order valence-corrected chi connectivity index (χ1v) is 6.99. The smallest absolute Gasteiger partial charge is 0.161 e. The lowest BCUT2D eigenvalue weighted by Crippen LogP contribution is -2.00. The molecule has 0 unspecified atom stereocenters. The Morgan fingerprint density at radius 3 is 2.60 bits per heavy atom. The number of thioether (sulfide) groups is 1. The van der Waals surface area contributed by atoms with E-state index in [0.717, 1.165) is 16.8 Å². The van der Waals surface area contributed by atoms with Gasteiger partial charge in [0.2, 0.25) is 0 Å². The summed E-state index contributed by atoms with van der Waals surface area (Å²) in [5.74, 6) is 1.61. The quantitative estimate of drug-likeness (QED) is 0.611. The van der Waals surface area contributed by atoms with E-state index in [-0.39, 0.29) is 0 Å². The van der Waals surface area contributed by atoms with Gasteiger partial charge >= 0.3 is 0 Å². The molecule has 1 rings (SSSR count). The van der Waals surface area contributed by atoms with Gasteiger partial charge in [-0.3, -0.25) is 0 Å². The van der Waals surface area contributed by atoms with Crippen molar-refractivity contribution in [3.05, 3.63) is 17.7 Å². The van der Waals surface area contributed by atoms with Gasteiger partial charge in [0, 0.05) is 10.2 Å². The summed E-state index contributed by atoms with van der Waals surface area (Å²) >= 11 is 5.04. The molecule has 0 bridgehead atoms. The van der Waals surface area contributed by atoms with Crippen LogP contribution in [0.1, 0.15) is 5.56 Å². The van der Waals surface area contributed by atoms with Crippen molar-refractivity contribution in [2.75, 3.05) is 25.3 Å². The van der Waals surface area contributed by atoms with Crippen LogP contribution >= 0.6 is 27.7 Å². The summed E-state index contributed by atoms with van der Waals surface area (Å²) in [6, 6.07) is 4.04. The van der Waals surface area contributed by atoms with Crippen molar-refractivity contribution in [3.8, 4) is 11.5 Å². The van der Waals surface area contributed by atoms with Gasteiger partial charge in [-0.25, -0.2) is 0 Å². The van der Waals surface area contributed by atoms with Crippen molar-refractivity contribution in [1.29, 1.82) is 0 Å². The van der Waals surface area contributed by atoms with E-state index in [1.54, 1.807) is 18.9 Å². The molecule has 0 radical (unpaired) electrons. The molecule has 0 fully saturated rings. The molecule has 0 aliphatic rings. The van der Waals surface area contributed by atoms with Gasteiger partial charge in [0.05, 0.1) is 13.7 Å². The molecule has 0 saturated heterocycles. The zero-order valence-electron chi connectivity index (χ0n) is 9.17. The summed E-state index contributed by atoms with van der Waals surface area (Å²) in [6.45, 7) is 2.72.